The summed E-state index contributed by atoms with van der Waals surface area (Å²) in [7, 11) is 3.65. The molecule has 0 radical (unpaired) electrons. The smallest absolute Gasteiger partial charge is 0.0771 e. The van der Waals surface area contributed by atoms with Gasteiger partial charge in [0.05, 0.1) is 23.9 Å². The molecule has 5 heteroatoms. The molecular formula is C22H35NO4. The summed E-state index contributed by atoms with van der Waals surface area (Å²) in [5.41, 5.74) is -0.669. The predicted molar refractivity (Wildman–Crippen MR) is 100 cm³/mol. The molecule has 6 aliphatic rings. The fourth-order valence-corrected chi connectivity index (χ4v) is 9.96. The summed E-state index contributed by atoms with van der Waals surface area (Å²) < 4.78 is 12.1. The van der Waals surface area contributed by atoms with Crippen molar-refractivity contribution in [2.24, 2.45) is 40.9 Å². The highest BCUT2D eigenvalue weighted by Gasteiger charge is 2.81. The predicted octanol–water partition coefficient (Wildman–Crippen LogP) is 1.51. The van der Waals surface area contributed by atoms with Crippen molar-refractivity contribution in [3.05, 3.63) is 0 Å². The fourth-order valence-electron chi connectivity index (χ4n) is 9.96. The molecule has 2 N–H and O–H groups in total. The molecule has 5 saturated carbocycles. The van der Waals surface area contributed by atoms with Gasteiger partial charge in [0.15, 0.2) is 0 Å². The number of aliphatic hydroxyl groups excluding tert-OH is 1. The minimum atomic E-state index is -0.786. The monoisotopic (exact) mass is 377 g/mol. The lowest BCUT2D eigenvalue weighted by atomic mass is 9.46. The molecule has 1 aliphatic heterocycles. The van der Waals surface area contributed by atoms with Crippen molar-refractivity contribution in [3.63, 3.8) is 0 Å². The first-order chi connectivity index (χ1) is 13.0. The van der Waals surface area contributed by atoms with E-state index in [1.54, 1.807) is 7.11 Å². The number of fused-ring (bicyclic) bond motifs is 2. The Morgan fingerprint density at radius 1 is 1.07 bits per heavy atom. The standard InChI is InChI=1S/C22H35NO4/c1-4-23-10-11-5-6-17(27-3)22-13(11)8-15(20(22)23)21(25)9-16(26-2)12-7-14(22)18(21)19(12)24/h11-20,24-25H,4-10H2,1-3H3/t11-,12+,13?,14?,15?,16-,17?,18?,19-,20+,21-,22?/m0/s1. The molecule has 6 unspecified atom stereocenters. The molecule has 6 rings (SSSR count). The summed E-state index contributed by atoms with van der Waals surface area (Å²) in [6, 6.07) is 0.404. The van der Waals surface area contributed by atoms with Crippen LogP contribution < -0.4 is 0 Å². The number of hydrogen-bond acceptors (Lipinski definition) is 5. The topological polar surface area (TPSA) is 62.2 Å². The third-order valence-corrected chi connectivity index (χ3v) is 10.5. The Morgan fingerprint density at radius 2 is 1.89 bits per heavy atom. The minimum absolute atomic E-state index is 0.00774. The Balaban J connectivity index is 1.57. The zero-order valence-electron chi connectivity index (χ0n) is 16.9. The Kier molecular flexibility index (Phi) is 3.58. The van der Waals surface area contributed by atoms with E-state index in [1.807, 2.05) is 7.11 Å². The Labute approximate surface area is 162 Å². The molecule has 0 aromatic rings. The lowest BCUT2D eigenvalue weighted by Gasteiger charge is -2.67. The number of ether oxygens (including phenoxy) is 2. The van der Waals surface area contributed by atoms with Crippen LogP contribution in [0, 0.1) is 40.9 Å². The van der Waals surface area contributed by atoms with Crippen molar-refractivity contribution in [1.29, 1.82) is 0 Å². The van der Waals surface area contributed by atoms with Crippen molar-refractivity contribution in [2.45, 2.75) is 69.0 Å². The van der Waals surface area contributed by atoms with Crippen molar-refractivity contribution >= 4 is 0 Å². The van der Waals surface area contributed by atoms with Crippen LogP contribution in [0.5, 0.6) is 0 Å². The van der Waals surface area contributed by atoms with E-state index in [0.29, 0.717) is 24.3 Å². The maximum absolute atomic E-state index is 12.2. The average Bonchev–Trinajstić information content (AvgIpc) is 3.06. The van der Waals surface area contributed by atoms with E-state index in [1.165, 1.54) is 13.0 Å². The maximum atomic E-state index is 12.2. The van der Waals surface area contributed by atoms with Crippen LogP contribution in [0.2, 0.25) is 0 Å². The molecule has 12 atom stereocenters. The van der Waals surface area contributed by atoms with Crippen LogP contribution in [0.4, 0.5) is 0 Å². The number of piperidine rings is 1. The number of likely N-dealkylation sites (tertiary alicyclic amines) is 1. The third kappa shape index (κ3) is 1.73. The average molecular weight is 378 g/mol. The second-order valence-corrected chi connectivity index (χ2v) is 10.5. The molecule has 27 heavy (non-hydrogen) atoms. The zero-order valence-corrected chi connectivity index (χ0v) is 16.9. The van der Waals surface area contributed by atoms with E-state index in [-0.39, 0.29) is 35.4 Å². The second-order valence-electron chi connectivity index (χ2n) is 10.5. The summed E-state index contributed by atoms with van der Waals surface area (Å²) in [5, 5.41) is 23.5. The van der Waals surface area contributed by atoms with Gasteiger partial charge >= 0.3 is 0 Å². The van der Waals surface area contributed by atoms with Crippen LogP contribution in [0.3, 0.4) is 0 Å². The van der Waals surface area contributed by atoms with Crippen molar-refractivity contribution in [2.75, 3.05) is 27.3 Å². The summed E-state index contributed by atoms with van der Waals surface area (Å²) in [4.78, 5) is 2.69. The van der Waals surface area contributed by atoms with Gasteiger partial charge in [0.2, 0.25) is 0 Å². The highest BCUT2D eigenvalue weighted by Crippen LogP contribution is 2.77. The molecule has 6 fully saturated rings. The van der Waals surface area contributed by atoms with Crippen LogP contribution in [0.15, 0.2) is 0 Å². The summed E-state index contributed by atoms with van der Waals surface area (Å²) >= 11 is 0. The van der Waals surface area contributed by atoms with Gasteiger partial charge in [0.25, 0.3) is 0 Å². The van der Waals surface area contributed by atoms with Gasteiger partial charge in [0, 0.05) is 56.4 Å². The minimum Gasteiger partial charge on any atom is -0.392 e. The normalized spacial score (nSPS) is 63.4. The fraction of sp³-hybridized carbons (Fsp3) is 1.00. The molecule has 1 spiro atoms. The summed E-state index contributed by atoms with van der Waals surface area (Å²) in [5.74, 6) is 2.17. The lowest BCUT2D eigenvalue weighted by Crippen LogP contribution is -2.74. The highest BCUT2D eigenvalue weighted by atomic mass is 16.5. The first-order valence-electron chi connectivity index (χ1n) is 11.2. The quantitative estimate of drug-likeness (QED) is 0.781. The number of hydrogen-bond donors (Lipinski definition) is 2. The van der Waals surface area contributed by atoms with Crippen LogP contribution in [-0.4, -0.2) is 72.4 Å². The SMILES string of the molecule is CCN1C[C@@H]2CCC(OC)C34C5C[C@@H]6[C@@H](OC)C[C@@](O)(C5[C@H]6O)C(CC23)[C@@H]14. The number of nitrogens with zero attached hydrogens (tertiary/aromatic N) is 1. The molecule has 0 aromatic heterocycles. The Morgan fingerprint density at radius 3 is 2.59 bits per heavy atom. The van der Waals surface area contributed by atoms with Gasteiger partial charge in [-0.2, -0.15) is 0 Å². The molecule has 0 amide bonds. The molecule has 152 valence electrons. The van der Waals surface area contributed by atoms with Crippen LogP contribution in [0.25, 0.3) is 0 Å². The first kappa shape index (κ1) is 17.6. The van der Waals surface area contributed by atoms with E-state index in [4.69, 9.17) is 9.47 Å². The molecular weight excluding hydrogens is 342 g/mol. The molecule has 7 bridgehead atoms. The molecule has 1 heterocycles. The zero-order chi connectivity index (χ0) is 18.7. The van der Waals surface area contributed by atoms with Gasteiger partial charge in [-0.1, -0.05) is 6.92 Å². The van der Waals surface area contributed by atoms with Gasteiger partial charge in [-0.3, -0.25) is 4.90 Å². The van der Waals surface area contributed by atoms with Crippen molar-refractivity contribution < 1.29 is 19.7 Å². The maximum Gasteiger partial charge on any atom is 0.0771 e. The number of rotatable bonds is 3. The van der Waals surface area contributed by atoms with Crippen molar-refractivity contribution in [1.82, 2.24) is 4.90 Å². The van der Waals surface area contributed by atoms with Crippen LogP contribution in [-0.2, 0) is 9.47 Å². The summed E-state index contributed by atoms with van der Waals surface area (Å²) in [6.45, 7) is 4.52. The first-order valence-corrected chi connectivity index (χ1v) is 11.2. The Bertz CT molecular complexity index is 644. The van der Waals surface area contributed by atoms with Gasteiger partial charge in [-0.25, -0.2) is 0 Å². The highest BCUT2D eigenvalue weighted by molar-refractivity contribution is 5.31. The molecule has 1 saturated heterocycles. The molecule has 5 nitrogen and oxygen atoms in total. The third-order valence-electron chi connectivity index (χ3n) is 10.5. The Hall–Kier alpha value is -0.200. The van der Waals surface area contributed by atoms with E-state index in [0.717, 1.165) is 31.7 Å². The number of aliphatic hydroxyl groups is 2. The summed E-state index contributed by atoms with van der Waals surface area (Å²) in [6.07, 6.45) is 5.04. The van der Waals surface area contributed by atoms with E-state index in [2.05, 4.69) is 11.8 Å². The van der Waals surface area contributed by atoms with Crippen LogP contribution in [0.1, 0.15) is 39.0 Å². The van der Waals surface area contributed by atoms with Gasteiger partial charge in [-0.05, 0) is 50.0 Å². The molecule has 0 aromatic carbocycles. The van der Waals surface area contributed by atoms with E-state index < -0.39 is 11.7 Å². The molecule has 5 aliphatic carbocycles. The van der Waals surface area contributed by atoms with Crippen molar-refractivity contribution in [3.8, 4) is 0 Å². The van der Waals surface area contributed by atoms with Crippen LogP contribution >= 0.6 is 0 Å². The second kappa shape index (κ2) is 5.48. The van der Waals surface area contributed by atoms with Gasteiger partial charge in [0.1, 0.15) is 0 Å². The lowest BCUT2D eigenvalue weighted by molar-refractivity contribution is -0.259. The van der Waals surface area contributed by atoms with Gasteiger partial charge < -0.3 is 19.7 Å². The van der Waals surface area contributed by atoms with E-state index >= 15 is 0 Å². The van der Waals surface area contributed by atoms with E-state index in [9.17, 15) is 10.2 Å². The largest absolute Gasteiger partial charge is 0.392 e. The number of methoxy groups -OCH3 is 2. The van der Waals surface area contributed by atoms with Gasteiger partial charge in [-0.15, -0.1) is 0 Å².